The molecule has 1 saturated heterocycles. The Morgan fingerprint density at radius 3 is 2.40 bits per heavy atom. The Labute approximate surface area is 175 Å². The van der Waals surface area contributed by atoms with Crippen LogP contribution in [-0.4, -0.2) is 73.2 Å². The van der Waals surface area contributed by atoms with Crippen LogP contribution in [0.4, 0.5) is 5.95 Å². The average molecular weight is 414 g/mol. The van der Waals surface area contributed by atoms with Gasteiger partial charge in [-0.15, -0.1) is 0 Å². The van der Waals surface area contributed by atoms with Gasteiger partial charge in [-0.3, -0.25) is 9.59 Å². The average Bonchev–Trinajstić information content (AvgIpc) is 2.79. The Bertz CT molecular complexity index is 869. The van der Waals surface area contributed by atoms with E-state index in [1.54, 1.807) is 55.6 Å². The number of benzene rings is 1. The molecule has 1 atom stereocenters. The molecule has 160 valence electrons. The predicted octanol–water partition coefficient (Wildman–Crippen LogP) is 1.32. The highest BCUT2D eigenvalue weighted by Gasteiger charge is 2.28. The molecule has 0 saturated carbocycles. The molecule has 30 heavy (non-hydrogen) atoms. The van der Waals surface area contributed by atoms with E-state index in [4.69, 9.17) is 14.2 Å². The first kappa shape index (κ1) is 21.4. The SMILES string of the molecule is COc1ccc(CC(=O)OC(C)C(=O)N2CCN(c3ncccn3)CC2)c(OC)c1. The lowest BCUT2D eigenvalue weighted by atomic mass is 10.1. The van der Waals surface area contributed by atoms with Gasteiger partial charge in [-0.05, 0) is 19.1 Å². The Morgan fingerprint density at radius 1 is 1.07 bits per heavy atom. The molecule has 2 aromatic rings. The van der Waals surface area contributed by atoms with Crippen molar-refractivity contribution in [3.63, 3.8) is 0 Å². The highest BCUT2D eigenvalue weighted by molar-refractivity contribution is 5.84. The predicted molar refractivity (Wildman–Crippen MR) is 110 cm³/mol. The van der Waals surface area contributed by atoms with Crippen LogP contribution in [0.1, 0.15) is 12.5 Å². The van der Waals surface area contributed by atoms with Gasteiger partial charge in [-0.2, -0.15) is 0 Å². The topological polar surface area (TPSA) is 94.1 Å². The summed E-state index contributed by atoms with van der Waals surface area (Å²) in [5.41, 5.74) is 0.666. The second-order valence-electron chi connectivity index (χ2n) is 6.85. The minimum Gasteiger partial charge on any atom is -0.497 e. The van der Waals surface area contributed by atoms with Crippen LogP contribution >= 0.6 is 0 Å². The van der Waals surface area contributed by atoms with Crippen molar-refractivity contribution >= 4 is 17.8 Å². The van der Waals surface area contributed by atoms with E-state index < -0.39 is 12.1 Å². The number of nitrogens with zero attached hydrogens (tertiary/aromatic N) is 4. The molecule has 3 rings (SSSR count). The molecule has 0 radical (unpaired) electrons. The molecule has 1 unspecified atom stereocenters. The van der Waals surface area contributed by atoms with Crippen molar-refractivity contribution in [3.05, 3.63) is 42.2 Å². The van der Waals surface area contributed by atoms with Gasteiger partial charge < -0.3 is 24.0 Å². The van der Waals surface area contributed by atoms with Crippen molar-refractivity contribution in [1.29, 1.82) is 0 Å². The first-order chi connectivity index (χ1) is 14.5. The number of piperazine rings is 1. The molecular formula is C21H26N4O5. The van der Waals surface area contributed by atoms with Crippen LogP contribution in [0.5, 0.6) is 11.5 Å². The number of esters is 1. The number of hydrogen-bond donors (Lipinski definition) is 0. The Balaban J connectivity index is 1.51. The summed E-state index contributed by atoms with van der Waals surface area (Å²) in [6.07, 6.45) is 2.53. The molecule has 0 bridgehead atoms. The monoisotopic (exact) mass is 414 g/mol. The third-order valence-corrected chi connectivity index (χ3v) is 4.91. The molecule has 1 aliphatic rings. The largest absolute Gasteiger partial charge is 0.497 e. The number of carbonyl (C=O) groups excluding carboxylic acids is 2. The highest BCUT2D eigenvalue weighted by atomic mass is 16.5. The maximum absolute atomic E-state index is 12.7. The third kappa shape index (κ3) is 5.16. The normalized spacial score (nSPS) is 14.8. The lowest BCUT2D eigenvalue weighted by Crippen LogP contribution is -2.52. The van der Waals surface area contributed by atoms with Crippen LogP contribution in [-0.2, 0) is 20.7 Å². The van der Waals surface area contributed by atoms with Gasteiger partial charge in [0.25, 0.3) is 5.91 Å². The van der Waals surface area contributed by atoms with Gasteiger partial charge in [0.1, 0.15) is 11.5 Å². The summed E-state index contributed by atoms with van der Waals surface area (Å²) < 4.78 is 15.8. The van der Waals surface area contributed by atoms with E-state index in [9.17, 15) is 9.59 Å². The fourth-order valence-corrected chi connectivity index (χ4v) is 3.28. The summed E-state index contributed by atoms with van der Waals surface area (Å²) >= 11 is 0. The number of amides is 1. The number of hydrogen-bond acceptors (Lipinski definition) is 8. The van der Waals surface area contributed by atoms with Crippen LogP contribution in [0.3, 0.4) is 0 Å². The minimum absolute atomic E-state index is 0.00388. The van der Waals surface area contributed by atoms with Gasteiger partial charge in [0.2, 0.25) is 5.95 Å². The van der Waals surface area contributed by atoms with Gasteiger partial charge in [0.15, 0.2) is 6.10 Å². The zero-order chi connectivity index (χ0) is 21.5. The van der Waals surface area contributed by atoms with Gasteiger partial charge in [0.05, 0.1) is 20.6 Å². The summed E-state index contributed by atoms with van der Waals surface area (Å²) in [6, 6.07) is 6.96. The minimum atomic E-state index is -0.860. The summed E-state index contributed by atoms with van der Waals surface area (Å²) in [5.74, 6) is 1.11. The number of rotatable bonds is 7. The lowest BCUT2D eigenvalue weighted by Gasteiger charge is -2.35. The molecule has 1 amide bonds. The number of anilines is 1. The summed E-state index contributed by atoms with van der Waals surface area (Å²) in [6.45, 7) is 3.88. The number of ether oxygens (including phenoxy) is 3. The van der Waals surface area contributed by atoms with Gasteiger partial charge in [0, 0.05) is 50.2 Å². The smallest absolute Gasteiger partial charge is 0.311 e. The molecule has 0 spiro atoms. The molecule has 1 aromatic carbocycles. The Morgan fingerprint density at radius 2 is 1.77 bits per heavy atom. The summed E-state index contributed by atoms with van der Waals surface area (Å²) in [5, 5.41) is 0. The van der Waals surface area contributed by atoms with Crippen LogP contribution in [0, 0.1) is 0 Å². The summed E-state index contributed by atoms with van der Waals surface area (Å²) in [7, 11) is 3.08. The van der Waals surface area contributed by atoms with Crippen LogP contribution in [0.2, 0.25) is 0 Å². The van der Waals surface area contributed by atoms with Crippen LogP contribution in [0.25, 0.3) is 0 Å². The van der Waals surface area contributed by atoms with E-state index in [2.05, 4.69) is 9.97 Å². The first-order valence-electron chi connectivity index (χ1n) is 9.73. The third-order valence-electron chi connectivity index (χ3n) is 4.91. The molecule has 2 heterocycles. The molecule has 9 heteroatoms. The number of methoxy groups -OCH3 is 2. The van der Waals surface area contributed by atoms with Crippen molar-refractivity contribution < 1.29 is 23.8 Å². The maximum atomic E-state index is 12.7. The van der Waals surface area contributed by atoms with E-state index in [0.29, 0.717) is 49.2 Å². The van der Waals surface area contributed by atoms with E-state index in [0.717, 1.165) is 0 Å². The van der Waals surface area contributed by atoms with E-state index in [1.807, 2.05) is 4.90 Å². The van der Waals surface area contributed by atoms with Crippen molar-refractivity contribution in [1.82, 2.24) is 14.9 Å². The fourth-order valence-electron chi connectivity index (χ4n) is 3.28. The Hall–Kier alpha value is -3.36. The van der Waals surface area contributed by atoms with Crippen LogP contribution < -0.4 is 14.4 Å². The zero-order valence-corrected chi connectivity index (χ0v) is 17.4. The quantitative estimate of drug-likeness (QED) is 0.626. The van der Waals surface area contributed by atoms with E-state index >= 15 is 0 Å². The zero-order valence-electron chi connectivity index (χ0n) is 17.4. The van der Waals surface area contributed by atoms with Crippen molar-refractivity contribution in [2.75, 3.05) is 45.3 Å². The fraction of sp³-hybridized carbons (Fsp3) is 0.429. The van der Waals surface area contributed by atoms with Crippen molar-refractivity contribution in [2.24, 2.45) is 0 Å². The standard InChI is InChI=1S/C21H26N4O5/c1-15(30-19(26)13-16-5-6-17(28-2)14-18(16)29-3)20(27)24-9-11-25(12-10-24)21-22-7-4-8-23-21/h4-8,14-15H,9-13H2,1-3H3. The number of aromatic nitrogens is 2. The molecule has 1 fully saturated rings. The molecular weight excluding hydrogens is 388 g/mol. The highest BCUT2D eigenvalue weighted by Crippen LogP contribution is 2.25. The number of carbonyl (C=O) groups is 2. The summed E-state index contributed by atoms with van der Waals surface area (Å²) in [4.78, 5) is 37.3. The van der Waals surface area contributed by atoms with Crippen molar-refractivity contribution in [2.45, 2.75) is 19.4 Å². The Kier molecular flexibility index (Phi) is 7.05. The van der Waals surface area contributed by atoms with E-state index in [1.165, 1.54) is 7.11 Å². The molecule has 1 aliphatic heterocycles. The second-order valence-corrected chi connectivity index (χ2v) is 6.85. The molecule has 0 N–H and O–H groups in total. The first-order valence-corrected chi connectivity index (χ1v) is 9.73. The second kappa shape index (κ2) is 9.91. The maximum Gasteiger partial charge on any atom is 0.311 e. The van der Waals surface area contributed by atoms with E-state index in [-0.39, 0.29) is 12.3 Å². The van der Waals surface area contributed by atoms with Crippen molar-refractivity contribution in [3.8, 4) is 11.5 Å². The molecule has 0 aliphatic carbocycles. The molecule has 9 nitrogen and oxygen atoms in total. The lowest BCUT2D eigenvalue weighted by molar-refractivity contribution is -0.158. The van der Waals surface area contributed by atoms with Gasteiger partial charge in [-0.25, -0.2) is 9.97 Å². The van der Waals surface area contributed by atoms with Crippen LogP contribution in [0.15, 0.2) is 36.7 Å². The molecule has 1 aromatic heterocycles. The van der Waals surface area contributed by atoms with Gasteiger partial charge >= 0.3 is 5.97 Å². The van der Waals surface area contributed by atoms with Gasteiger partial charge in [-0.1, -0.05) is 6.07 Å².